The SMILES string of the molecule is COC(=O)CC1CN(c2ccccc2)C(=O)c2ccccc21. The summed E-state index contributed by atoms with van der Waals surface area (Å²) in [5.74, 6) is -0.341. The van der Waals surface area contributed by atoms with E-state index in [0.29, 0.717) is 12.1 Å². The van der Waals surface area contributed by atoms with Gasteiger partial charge in [0.15, 0.2) is 0 Å². The van der Waals surface area contributed by atoms with Crippen LogP contribution in [0.4, 0.5) is 5.69 Å². The molecule has 0 fully saturated rings. The van der Waals surface area contributed by atoms with Crippen molar-refractivity contribution in [1.29, 1.82) is 0 Å². The number of anilines is 1. The number of fused-ring (bicyclic) bond motifs is 1. The minimum atomic E-state index is -0.262. The highest BCUT2D eigenvalue weighted by Crippen LogP contribution is 2.33. The zero-order chi connectivity index (χ0) is 15.5. The number of esters is 1. The van der Waals surface area contributed by atoms with Gasteiger partial charge in [0, 0.05) is 23.7 Å². The van der Waals surface area contributed by atoms with E-state index in [2.05, 4.69) is 0 Å². The molecule has 0 saturated carbocycles. The van der Waals surface area contributed by atoms with Crippen LogP contribution in [0.3, 0.4) is 0 Å². The lowest BCUT2D eigenvalue weighted by molar-refractivity contribution is -0.141. The Hall–Kier alpha value is -2.62. The van der Waals surface area contributed by atoms with Crippen LogP contribution in [0.5, 0.6) is 0 Å². The van der Waals surface area contributed by atoms with Crippen molar-refractivity contribution in [3.8, 4) is 0 Å². The van der Waals surface area contributed by atoms with Gasteiger partial charge in [-0.25, -0.2) is 0 Å². The first-order valence-electron chi connectivity index (χ1n) is 7.23. The van der Waals surface area contributed by atoms with Crippen molar-refractivity contribution < 1.29 is 14.3 Å². The molecule has 0 aromatic heterocycles. The second-order valence-electron chi connectivity index (χ2n) is 5.32. The Kier molecular flexibility index (Phi) is 3.92. The molecule has 1 heterocycles. The second kappa shape index (κ2) is 6.02. The van der Waals surface area contributed by atoms with Crippen LogP contribution in [0.2, 0.25) is 0 Å². The Bertz CT molecular complexity index is 696. The minimum absolute atomic E-state index is 0.0251. The van der Waals surface area contributed by atoms with Crippen molar-refractivity contribution in [3.63, 3.8) is 0 Å². The Morgan fingerprint density at radius 1 is 1.14 bits per heavy atom. The summed E-state index contributed by atoms with van der Waals surface area (Å²) in [6.45, 7) is 0.481. The van der Waals surface area contributed by atoms with Crippen molar-refractivity contribution in [2.45, 2.75) is 12.3 Å². The molecule has 1 atom stereocenters. The van der Waals surface area contributed by atoms with Gasteiger partial charge in [0.1, 0.15) is 0 Å². The van der Waals surface area contributed by atoms with E-state index in [4.69, 9.17) is 4.74 Å². The highest BCUT2D eigenvalue weighted by Gasteiger charge is 2.33. The minimum Gasteiger partial charge on any atom is -0.469 e. The van der Waals surface area contributed by atoms with Gasteiger partial charge in [-0.15, -0.1) is 0 Å². The molecular weight excluding hydrogens is 278 g/mol. The molecule has 0 N–H and O–H groups in total. The van der Waals surface area contributed by atoms with Crippen molar-refractivity contribution >= 4 is 17.6 Å². The Morgan fingerprint density at radius 2 is 1.82 bits per heavy atom. The predicted octanol–water partition coefficient (Wildman–Crippen LogP) is 2.99. The molecule has 1 aliphatic rings. The number of hydrogen-bond acceptors (Lipinski definition) is 3. The number of carbonyl (C=O) groups excluding carboxylic acids is 2. The third-order valence-corrected chi connectivity index (χ3v) is 3.99. The zero-order valence-electron chi connectivity index (χ0n) is 12.4. The van der Waals surface area contributed by atoms with Crippen LogP contribution in [0.1, 0.15) is 28.3 Å². The van der Waals surface area contributed by atoms with Crippen molar-refractivity contribution in [3.05, 3.63) is 65.7 Å². The Labute approximate surface area is 129 Å². The number of nitrogens with zero attached hydrogens (tertiary/aromatic N) is 1. The van der Waals surface area contributed by atoms with Gasteiger partial charge in [-0.3, -0.25) is 9.59 Å². The molecule has 0 bridgehead atoms. The largest absolute Gasteiger partial charge is 0.469 e. The summed E-state index contributed by atoms with van der Waals surface area (Å²) < 4.78 is 4.79. The molecule has 1 aliphatic heterocycles. The summed E-state index contributed by atoms with van der Waals surface area (Å²) in [5.41, 5.74) is 2.42. The van der Waals surface area contributed by atoms with E-state index < -0.39 is 0 Å². The van der Waals surface area contributed by atoms with Gasteiger partial charge in [-0.2, -0.15) is 0 Å². The van der Waals surface area contributed by atoms with Gasteiger partial charge in [-0.05, 0) is 23.8 Å². The van der Waals surface area contributed by atoms with Crippen molar-refractivity contribution in [2.75, 3.05) is 18.6 Å². The fourth-order valence-corrected chi connectivity index (χ4v) is 2.88. The zero-order valence-corrected chi connectivity index (χ0v) is 12.4. The van der Waals surface area contributed by atoms with Gasteiger partial charge < -0.3 is 9.64 Å². The van der Waals surface area contributed by atoms with E-state index >= 15 is 0 Å². The topological polar surface area (TPSA) is 46.6 Å². The van der Waals surface area contributed by atoms with Gasteiger partial charge in [0.25, 0.3) is 5.91 Å². The van der Waals surface area contributed by atoms with E-state index in [1.807, 2.05) is 54.6 Å². The number of para-hydroxylation sites is 1. The average Bonchev–Trinajstić information content (AvgIpc) is 2.58. The van der Waals surface area contributed by atoms with E-state index in [0.717, 1.165) is 11.3 Å². The number of hydrogen-bond donors (Lipinski definition) is 0. The quantitative estimate of drug-likeness (QED) is 0.818. The Balaban J connectivity index is 2.00. The van der Waals surface area contributed by atoms with E-state index in [1.165, 1.54) is 7.11 Å². The van der Waals surface area contributed by atoms with Crippen molar-refractivity contribution in [1.82, 2.24) is 0 Å². The summed E-state index contributed by atoms with van der Waals surface area (Å²) in [6.07, 6.45) is 0.268. The number of ether oxygens (including phenoxy) is 1. The molecule has 0 spiro atoms. The average molecular weight is 295 g/mol. The molecule has 2 aromatic carbocycles. The second-order valence-corrected chi connectivity index (χ2v) is 5.32. The summed E-state index contributed by atoms with van der Waals surface area (Å²) in [7, 11) is 1.39. The van der Waals surface area contributed by atoms with Crippen LogP contribution in [-0.4, -0.2) is 25.5 Å². The fraction of sp³-hybridized carbons (Fsp3) is 0.222. The molecule has 0 aliphatic carbocycles. The molecule has 112 valence electrons. The molecule has 2 aromatic rings. The summed E-state index contributed by atoms with van der Waals surface area (Å²) >= 11 is 0. The highest BCUT2D eigenvalue weighted by molar-refractivity contribution is 6.08. The van der Waals surface area contributed by atoms with Gasteiger partial charge in [0.2, 0.25) is 0 Å². The van der Waals surface area contributed by atoms with Gasteiger partial charge in [-0.1, -0.05) is 36.4 Å². The maximum Gasteiger partial charge on any atom is 0.306 e. The van der Waals surface area contributed by atoms with Crippen LogP contribution in [0.25, 0.3) is 0 Å². The lowest BCUT2D eigenvalue weighted by Gasteiger charge is -2.34. The molecule has 0 saturated heterocycles. The predicted molar refractivity (Wildman–Crippen MR) is 83.9 cm³/mol. The molecule has 1 amide bonds. The maximum absolute atomic E-state index is 12.7. The molecule has 4 nitrogen and oxygen atoms in total. The first-order chi connectivity index (χ1) is 10.7. The monoisotopic (exact) mass is 295 g/mol. The van der Waals surface area contributed by atoms with Gasteiger partial charge in [0.05, 0.1) is 13.5 Å². The molecular formula is C18H17NO3. The number of benzene rings is 2. The standard InChI is InChI=1S/C18H17NO3/c1-22-17(20)11-13-12-19(14-7-3-2-4-8-14)18(21)16-10-6-5-9-15(13)16/h2-10,13H,11-12H2,1H3. The first kappa shape index (κ1) is 14.3. The molecule has 1 unspecified atom stereocenters. The van der Waals surface area contributed by atoms with E-state index in [-0.39, 0.29) is 24.2 Å². The normalized spacial score (nSPS) is 17.0. The third-order valence-electron chi connectivity index (χ3n) is 3.99. The third kappa shape index (κ3) is 2.60. The smallest absolute Gasteiger partial charge is 0.306 e. The van der Waals surface area contributed by atoms with Crippen LogP contribution < -0.4 is 4.90 Å². The molecule has 0 radical (unpaired) electrons. The molecule has 4 heteroatoms. The fourth-order valence-electron chi connectivity index (χ4n) is 2.88. The number of carbonyl (C=O) groups is 2. The van der Waals surface area contributed by atoms with E-state index in [9.17, 15) is 9.59 Å². The van der Waals surface area contributed by atoms with E-state index in [1.54, 1.807) is 4.90 Å². The van der Waals surface area contributed by atoms with Crippen LogP contribution in [0.15, 0.2) is 54.6 Å². The van der Waals surface area contributed by atoms with Crippen LogP contribution in [-0.2, 0) is 9.53 Å². The maximum atomic E-state index is 12.7. The molecule has 3 rings (SSSR count). The lowest BCUT2D eigenvalue weighted by atomic mass is 9.87. The number of rotatable bonds is 3. The number of methoxy groups -OCH3 is 1. The van der Waals surface area contributed by atoms with Crippen LogP contribution >= 0.6 is 0 Å². The lowest BCUT2D eigenvalue weighted by Crippen LogP contribution is -2.40. The summed E-state index contributed by atoms with van der Waals surface area (Å²) in [4.78, 5) is 26.1. The van der Waals surface area contributed by atoms with Crippen LogP contribution in [0, 0.1) is 0 Å². The first-order valence-corrected chi connectivity index (χ1v) is 7.23. The summed E-state index contributed by atoms with van der Waals surface area (Å²) in [5, 5.41) is 0. The Morgan fingerprint density at radius 3 is 2.55 bits per heavy atom. The van der Waals surface area contributed by atoms with Gasteiger partial charge >= 0.3 is 5.97 Å². The highest BCUT2D eigenvalue weighted by atomic mass is 16.5. The summed E-state index contributed by atoms with van der Waals surface area (Å²) in [6, 6.07) is 17.0. The van der Waals surface area contributed by atoms with Crippen molar-refractivity contribution in [2.24, 2.45) is 0 Å². The molecule has 22 heavy (non-hydrogen) atoms. The number of amides is 1.